The Hall–Kier alpha value is 0.371. The standard InChI is InChI=1S/C18H45NO6Si3/c1-18(2,3)26(10,11)19(14-12-16-27(20-4,21-5)22-6)15-13-17-28(23-7,24-8)25-9/h12-17H2,1-11H3. The van der Waals surface area contributed by atoms with Gasteiger partial charge in [0.1, 0.15) is 8.24 Å². The second kappa shape index (κ2) is 12.3. The molecule has 170 valence electrons. The Kier molecular flexibility index (Phi) is 12.4. The molecule has 0 N–H and O–H groups in total. The van der Waals surface area contributed by atoms with E-state index in [0.717, 1.165) is 38.0 Å². The van der Waals surface area contributed by atoms with Crippen LogP contribution in [0.4, 0.5) is 0 Å². The van der Waals surface area contributed by atoms with E-state index in [1.165, 1.54) is 0 Å². The first-order valence-electron chi connectivity index (χ1n) is 9.99. The van der Waals surface area contributed by atoms with Crippen LogP contribution < -0.4 is 0 Å². The van der Waals surface area contributed by atoms with Crippen molar-refractivity contribution >= 4 is 25.8 Å². The van der Waals surface area contributed by atoms with Gasteiger partial charge in [0.05, 0.1) is 0 Å². The zero-order valence-electron chi connectivity index (χ0n) is 20.1. The monoisotopic (exact) mass is 455 g/mol. The SMILES string of the molecule is CO[Si](CCCN(CCC[Si](OC)(OC)OC)[Si](C)(C)C(C)(C)C)(OC)OC. The van der Waals surface area contributed by atoms with Crippen LogP contribution in [0.2, 0.25) is 30.2 Å². The van der Waals surface area contributed by atoms with E-state index < -0.39 is 25.8 Å². The molecule has 0 aromatic rings. The average Bonchev–Trinajstić information content (AvgIpc) is 2.67. The van der Waals surface area contributed by atoms with E-state index in [0.29, 0.717) is 0 Å². The van der Waals surface area contributed by atoms with Gasteiger partial charge in [-0.1, -0.05) is 33.9 Å². The summed E-state index contributed by atoms with van der Waals surface area (Å²) < 4.78 is 36.2. The van der Waals surface area contributed by atoms with Gasteiger partial charge in [0.25, 0.3) is 0 Å². The molecule has 0 fully saturated rings. The molecule has 10 heteroatoms. The van der Waals surface area contributed by atoms with Crippen molar-refractivity contribution in [2.75, 3.05) is 55.7 Å². The molecule has 0 bridgehead atoms. The topological polar surface area (TPSA) is 58.6 Å². The van der Waals surface area contributed by atoms with Gasteiger partial charge in [0.15, 0.2) is 0 Å². The predicted octanol–water partition coefficient (Wildman–Crippen LogP) is 3.83. The van der Waals surface area contributed by atoms with Crippen molar-refractivity contribution in [2.24, 2.45) is 0 Å². The van der Waals surface area contributed by atoms with Crippen LogP contribution in [-0.2, 0) is 26.6 Å². The highest BCUT2D eigenvalue weighted by Gasteiger charge is 2.43. The Labute approximate surface area is 176 Å². The quantitative estimate of drug-likeness (QED) is 0.348. The van der Waals surface area contributed by atoms with E-state index in [9.17, 15) is 0 Å². The fourth-order valence-electron chi connectivity index (χ4n) is 3.23. The minimum absolute atomic E-state index is 0.267. The Bertz CT molecular complexity index is 384. The third-order valence-electron chi connectivity index (χ3n) is 6.31. The lowest BCUT2D eigenvalue weighted by Crippen LogP contribution is -2.56. The van der Waals surface area contributed by atoms with Crippen LogP contribution in [0.1, 0.15) is 33.6 Å². The molecule has 0 aromatic carbocycles. The minimum Gasteiger partial charge on any atom is -0.377 e. The van der Waals surface area contributed by atoms with Crippen molar-refractivity contribution in [3.63, 3.8) is 0 Å². The van der Waals surface area contributed by atoms with E-state index in [4.69, 9.17) is 26.6 Å². The summed E-state index contributed by atoms with van der Waals surface area (Å²) in [5.41, 5.74) is 0. The summed E-state index contributed by atoms with van der Waals surface area (Å²) in [4.78, 5) is 0. The molecular formula is C18H45NO6Si3. The Morgan fingerprint density at radius 3 is 1.11 bits per heavy atom. The van der Waals surface area contributed by atoms with Crippen molar-refractivity contribution in [3.8, 4) is 0 Å². The van der Waals surface area contributed by atoms with Gasteiger partial charge in [0, 0.05) is 54.7 Å². The number of rotatable bonds is 15. The Morgan fingerprint density at radius 1 is 0.607 bits per heavy atom. The molecule has 0 saturated heterocycles. The van der Waals surface area contributed by atoms with Crippen LogP contribution in [-0.4, -0.2) is 86.2 Å². The van der Waals surface area contributed by atoms with Gasteiger partial charge in [-0.2, -0.15) is 0 Å². The third-order valence-corrected chi connectivity index (χ3v) is 17.7. The van der Waals surface area contributed by atoms with Crippen LogP contribution in [0.15, 0.2) is 0 Å². The van der Waals surface area contributed by atoms with Crippen molar-refractivity contribution in [1.82, 2.24) is 4.57 Å². The van der Waals surface area contributed by atoms with Crippen LogP contribution in [0.3, 0.4) is 0 Å². The van der Waals surface area contributed by atoms with Gasteiger partial charge in [-0.15, -0.1) is 0 Å². The summed E-state index contributed by atoms with van der Waals surface area (Å²) in [6, 6.07) is 1.63. The summed E-state index contributed by atoms with van der Waals surface area (Å²) in [6.07, 6.45) is 1.96. The van der Waals surface area contributed by atoms with Gasteiger partial charge in [-0.05, 0) is 31.0 Å². The zero-order chi connectivity index (χ0) is 22.1. The molecule has 0 heterocycles. The lowest BCUT2D eigenvalue weighted by molar-refractivity contribution is 0.121. The second-order valence-electron chi connectivity index (χ2n) is 8.59. The molecule has 0 aliphatic heterocycles. The maximum Gasteiger partial charge on any atom is 0.500 e. The normalized spacial score (nSPS) is 14.1. The number of hydrogen-bond acceptors (Lipinski definition) is 7. The molecular weight excluding hydrogens is 410 g/mol. The molecule has 0 aromatic heterocycles. The molecule has 0 saturated carbocycles. The smallest absolute Gasteiger partial charge is 0.377 e. The fourth-order valence-corrected chi connectivity index (χ4v) is 9.02. The predicted molar refractivity (Wildman–Crippen MR) is 121 cm³/mol. The highest BCUT2D eigenvalue weighted by atomic mass is 28.4. The largest absolute Gasteiger partial charge is 0.500 e. The van der Waals surface area contributed by atoms with Crippen LogP contribution >= 0.6 is 0 Å². The highest BCUT2D eigenvalue weighted by Crippen LogP contribution is 2.38. The molecule has 0 atom stereocenters. The van der Waals surface area contributed by atoms with Gasteiger partial charge in [0.2, 0.25) is 0 Å². The van der Waals surface area contributed by atoms with Gasteiger partial charge < -0.3 is 31.1 Å². The minimum atomic E-state index is -2.53. The molecule has 28 heavy (non-hydrogen) atoms. The summed E-state index contributed by atoms with van der Waals surface area (Å²) >= 11 is 0. The van der Waals surface area contributed by atoms with E-state index in [-0.39, 0.29) is 5.04 Å². The van der Waals surface area contributed by atoms with Gasteiger partial charge >= 0.3 is 17.6 Å². The van der Waals surface area contributed by atoms with Crippen LogP contribution in [0.25, 0.3) is 0 Å². The molecule has 0 unspecified atom stereocenters. The Morgan fingerprint density at radius 2 is 0.893 bits per heavy atom. The fraction of sp³-hybridized carbons (Fsp3) is 1.00. The summed E-state index contributed by atoms with van der Waals surface area (Å²) in [5, 5.41) is 0.267. The average molecular weight is 456 g/mol. The highest BCUT2D eigenvalue weighted by molar-refractivity contribution is 6.77. The molecule has 0 aliphatic rings. The van der Waals surface area contributed by atoms with Crippen molar-refractivity contribution in [1.29, 1.82) is 0 Å². The first kappa shape index (κ1) is 28.4. The second-order valence-corrected chi connectivity index (χ2v) is 20.0. The van der Waals surface area contributed by atoms with E-state index in [1.807, 2.05) is 0 Å². The maximum atomic E-state index is 5.58. The first-order chi connectivity index (χ1) is 12.9. The summed E-state index contributed by atoms with van der Waals surface area (Å²) in [6.45, 7) is 14.0. The lowest BCUT2D eigenvalue weighted by atomic mass is 10.2. The molecule has 0 spiro atoms. The molecule has 0 rings (SSSR count). The maximum absolute atomic E-state index is 5.58. The van der Waals surface area contributed by atoms with Crippen LogP contribution in [0, 0.1) is 0 Å². The molecule has 7 nitrogen and oxygen atoms in total. The number of nitrogens with zero attached hydrogens (tertiary/aromatic N) is 1. The van der Waals surface area contributed by atoms with Crippen LogP contribution in [0.5, 0.6) is 0 Å². The van der Waals surface area contributed by atoms with E-state index in [2.05, 4.69) is 38.4 Å². The third kappa shape index (κ3) is 7.56. The van der Waals surface area contributed by atoms with Gasteiger partial charge in [-0.25, -0.2) is 0 Å². The molecule has 0 aliphatic carbocycles. The van der Waals surface area contributed by atoms with Crippen molar-refractivity contribution in [3.05, 3.63) is 0 Å². The van der Waals surface area contributed by atoms with E-state index >= 15 is 0 Å². The first-order valence-corrected chi connectivity index (χ1v) is 16.8. The lowest BCUT2D eigenvalue weighted by Gasteiger charge is -2.46. The number of hydrogen-bond donors (Lipinski definition) is 0. The van der Waals surface area contributed by atoms with Crippen molar-refractivity contribution in [2.45, 2.75) is 63.8 Å². The molecule has 0 radical (unpaired) electrons. The summed E-state index contributed by atoms with van der Waals surface area (Å²) in [5.74, 6) is 0. The van der Waals surface area contributed by atoms with Gasteiger partial charge in [-0.3, -0.25) is 0 Å². The Balaban J connectivity index is 5.14. The zero-order valence-corrected chi connectivity index (χ0v) is 23.1. The van der Waals surface area contributed by atoms with Crippen molar-refractivity contribution < 1.29 is 26.6 Å². The summed E-state index contributed by atoms with van der Waals surface area (Å²) in [7, 11) is 3.32. The van der Waals surface area contributed by atoms with E-state index in [1.54, 1.807) is 42.7 Å². The molecule has 0 amide bonds.